The Morgan fingerprint density at radius 2 is 1.69 bits per heavy atom. The van der Waals surface area contributed by atoms with E-state index >= 15 is 0 Å². The molecule has 3 heterocycles. The molecule has 0 saturated carbocycles. The largest absolute Gasteiger partial charge is 0.490 e. The number of thiazole rings is 1. The van der Waals surface area contributed by atoms with E-state index in [0.717, 1.165) is 22.6 Å². The van der Waals surface area contributed by atoms with Crippen molar-refractivity contribution in [2.24, 2.45) is 4.99 Å². The van der Waals surface area contributed by atoms with Gasteiger partial charge in [-0.1, -0.05) is 17.4 Å². The number of allylic oxidation sites excluding steroid dienone is 1. The molecule has 0 aliphatic carbocycles. The van der Waals surface area contributed by atoms with Crippen LogP contribution in [0.1, 0.15) is 66.6 Å². The molecule has 2 aromatic heterocycles. The van der Waals surface area contributed by atoms with Gasteiger partial charge in [0.1, 0.15) is 0 Å². The van der Waals surface area contributed by atoms with Crippen LogP contribution < -0.4 is 24.4 Å². The van der Waals surface area contributed by atoms with E-state index in [1.807, 2.05) is 45.0 Å². The van der Waals surface area contributed by atoms with Gasteiger partial charge in [0.05, 0.1) is 42.2 Å². The van der Waals surface area contributed by atoms with E-state index in [9.17, 15) is 19.2 Å². The predicted octanol–water partition coefficient (Wildman–Crippen LogP) is 4.36. The van der Waals surface area contributed by atoms with Gasteiger partial charge in [0.25, 0.3) is 5.56 Å². The van der Waals surface area contributed by atoms with Crippen molar-refractivity contribution in [3.63, 3.8) is 0 Å². The fraction of sp³-hybridized carbons (Fsp3) is 0.306. The van der Waals surface area contributed by atoms with Gasteiger partial charge in [0.2, 0.25) is 0 Å². The number of esters is 2. The van der Waals surface area contributed by atoms with Crippen molar-refractivity contribution < 1.29 is 33.3 Å². The first-order valence-electron chi connectivity index (χ1n) is 15.4. The summed E-state index contributed by atoms with van der Waals surface area (Å²) in [6, 6.07) is 13.6. The predicted molar refractivity (Wildman–Crippen MR) is 181 cm³/mol. The minimum atomic E-state index is -0.872. The number of ether oxygens (including phenoxy) is 4. The monoisotopic (exact) mass is 671 g/mol. The summed E-state index contributed by atoms with van der Waals surface area (Å²) in [5.41, 5.74) is 5.16. The summed E-state index contributed by atoms with van der Waals surface area (Å²) >= 11 is 1.23. The van der Waals surface area contributed by atoms with Crippen LogP contribution in [0.25, 0.3) is 11.8 Å². The van der Waals surface area contributed by atoms with Crippen LogP contribution in [0.15, 0.2) is 69.6 Å². The number of benzene rings is 2. The average molecular weight is 672 g/mol. The minimum absolute atomic E-state index is 0.00447. The molecule has 0 bridgehead atoms. The Hall–Kier alpha value is -5.23. The van der Waals surface area contributed by atoms with Crippen molar-refractivity contribution in [2.75, 3.05) is 26.9 Å². The zero-order valence-electron chi connectivity index (χ0n) is 27.9. The highest BCUT2D eigenvalue weighted by Crippen LogP contribution is 2.36. The van der Waals surface area contributed by atoms with Gasteiger partial charge in [0, 0.05) is 22.6 Å². The first kappa shape index (κ1) is 34.1. The van der Waals surface area contributed by atoms with Crippen LogP contribution in [-0.4, -0.2) is 53.8 Å². The van der Waals surface area contributed by atoms with Crippen LogP contribution in [0.3, 0.4) is 0 Å². The molecule has 12 heteroatoms. The molecule has 48 heavy (non-hydrogen) atoms. The summed E-state index contributed by atoms with van der Waals surface area (Å²) in [6.07, 6.45) is 1.84. The fourth-order valence-corrected chi connectivity index (χ4v) is 6.74. The Morgan fingerprint density at radius 1 is 0.958 bits per heavy atom. The van der Waals surface area contributed by atoms with E-state index < -0.39 is 18.0 Å². The van der Waals surface area contributed by atoms with Gasteiger partial charge < -0.3 is 23.5 Å². The molecule has 0 spiro atoms. The molecule has 0 fully saturated rings. The van der Waals surface area contributed by atoms with Crippen LogP contribution >= 0.6 is 11.3 Å². The number of rotatable bonds is 11. The molecule has 0 unspecified atom stereocenters. The second kappa shape index (κ2) is 14.3. The second-order valence-electron chi connectivity index (χ2n) is 11.1. The Morgan fingerprint density at radius 3 is 2.33 bits per heavy atom. The molecule has 2 aromatic carbocycles. The zero-order chi connectivity index (χ0) is 34.7. The maximum atomic E-state index is 14.3. The van der Waals surface area contributed by atoms with E-state index in [4.69, 9.17) is 14.2 Å². The summed E-state index contributed by atoms with van der Waals surface area (Å²) in [6.45, 7) is 10.9. The van der Waals surface area contributed by atoms with Gasteiger partial charge in [-0.15, -0.1) is 0 Å². The summed E-state index contributed by atoms with van der Waals surface area (Å²) in [5.74, 6) is -0.495. The van der Waals surface area contributed by atoms with Crippen LogP contribution in [0.5, 0.6) is 11.5 Å². The lowest BCUT2D eigenvalue weighted by atomic mass is 9.95. The summed E-state index contributed by atoms with van der Waals surface area (Å²) in [7, 11) is 1.27. The molecule has 4 aromatic rings. The quantitative estimate of drug-likeness (QED) is 0.170. The van der Waals surface area contributed by atoms with Crippen molar-refractivity contribution in [3.8, 4) is 17.2 Å². The molecule has 0 radical (unpaired) electrons. The van der Waals surface area contributed by atoms with Gasteiger partial charge in [-0.2, -0.15) is 0 Å². The molecule has 5 rings (SSSR count). The summed E-state index contributed by atoms with van der Waals surface area (Å²) < 4.78 is 25.6. The van der Waals surface area contributed by atoms with Gasteiger partial charge in [-0.25, -0.2) is 14.6 Å². The topological polar surface area (TPSA) is 127 Å². The third-order valence-electron chi connectivity index (χ3n) is 7.96. The lowest BCUT2D eigenvalue weighted by Crippen LogP contribution is -2.40. The number of carbonyl (C=O) groups is 3. The normalized spacial score (nSPS) is 14.3. The first-order valence-corrected chi connectivity index (χ1v) is 16.3. The second-order valence-corrected chi connectivity index (χ2v) is 12.1. The van der Waals surface area contributed by atoms with Crippen molar-refractivity contribution in [1.29, 1.82) is 0 Å². The Kier molecular flexibility index (Phi) is 10.1. The number of aryl methyl sites for hydroxylation is 1. The lowest BCUT2D eigenvalue weighted by molar-refractivity contribution is -0.143. The van der Waals surface area contributed by atoms with Gasteiger partial charge >= 0.3 is 11.9 Å². The first-order chi connectivity index (χ1) is 23.0. The maximum Gasteiger partial charge on any atom is 0.343 e. The van der Waals surface area contributed by atoms with Gasteiger partial charge in [0.15, 0.2) is 28.7 Å². The Labute approximate surface area is 281 Å². The SMILES string of the molecule is CCOC(=O)C1=C(C)N=c2s/c(=C\c3cc(C)n(-c4ccc(C(C)=O)cc4)c3C)c(=O)n2[C@H]1c1ccc(OCC(=O)OC)c(OCC)c1. The fourth-order valence-electron chi connectivity index (χ4n) is 5.70. The molecular weight excluding hydrogens is 634 g/mol. The molecule has 0 N–H and O–H groups in total. The highest BCUT2D eigenvalue weighted by molar-refractivity contribution is 7.07. The van der Waals surface area contributed by atoms with E-state index in [1.54, 1.807) is 44.2 Å². The smallest absolute Gasteiger partial charge is 0.343 e. The van der Waals surface area contributed by atoms with Crippen LogP contribution in [0, 0.1) is 13.8 Å². The standard InChI is InChI=1S/C36H37N3O8S/c1-8-45-29-17-25(12-15-28(29)47-19-31(41)44-7)33-32(35(43)46-9-2)21(4)37-36-39(33)34(42)30(48-36)18-26-16-20(3)38(22(26)5)27-13-10-24(11-14-27)23(6)40/h10-18,33H,8-9,19H2,1-7H3/b30-18-/t33-/m0/s1. The van der Waals surface area contributed by atoms with Crippen molar-refractivity contribution >= 4 is 35.1 Å². The highest BCUT2D eigenvalue weighted by Gasteiger charge is 2.34. The molecule has 0 saturated heterocycles. The summed E-state index contributed by atoms with van der Waals surface area (Å²) in [5, 5.41) is 0. The number of hydrogen-bond acceptors (Lipinski definition) is 10. The molecule has 1 aliphatic rings. The lowest BCUT2D eigenvalue weighted by Gasteiger charge is -2.25. The number of nitrogens with zero attached hydrogens (tertiary/aromatic N) is 3. The number of ketones is 1. The zero-order valence-corrected chi connectivity index (χ0v) is 28.7. The van der Waals surface area contributed by atoms with Crippen molar-refractivity contribution in [2.45, 2.75) is 47.6 Å². The third kappa shape index (κ3) is 6.61. The number of carbonyl (C=O) groups excluding carboxylic acids is 3. The Bertz CT molecular complexity index is 2120. The molecular formula is C36H37N3O8S. The van der Waals surface area contributed by atoms with Crippen molar-refractivity contribution in [3.05, 3.63) is 108 Å². The maximum absolute atomic E-state index is 14.3. The van der Waals surface area contributed by atoms with E-state index in [-0.39, 0.29) is 30.1 Å². The third-order valence-corrected chi connectivity index (χ3v) is 8.95. The average Bonchev–Trinajstić information content (AvgIpc) is 3.52. The highest BCUT2D eigenvalue weighted by atomic mass is 32.1. The van der Waals surface area contributed by atoms with Crippen molar-refractivity contribution in [1.82, 2.24) is 9.13 Å². The molecule has 0 amide bonds. The minimum Gasteiger partial charge on any atom is -0.490 e. The Balaban J connectivity index is 1.64. The number of fused-ring (bicyclic) bond motifs is 1. The number of aromatic nitrogens is 2. The number of Topliss-reactive ketones (excluding diaryl/α,β-unsaturated/α-hetero) is 1. The number of methoxy groups -OCH3 is 1. The van der Waals surface area contributed by atoms with E-state index in [0.29, 0.717) is 44.3 Å². The molecule has 1 atom stereocenters. The van der Waals surface area contributed by atoms with E-state index in [2.05, 4.69) is 14.3 Å². The molecule has 1 aliphatic heterocycles. The van der Waals surface area contributed by atoms with Crippen LogP contribution in [-0.2, 0) is 19.1 Å². The van der Waals surface area contributed by atoms with Crippen LogP contribution in [0.2, 0.25) is 0 Å². The molecule has 250 valence electrons. The van der Waals surface area contributed by atoms with E-state index in [1.165, 1.54) is 29.9 Å². The van der Waals surface area contributed by atoms with Gasteiger partial charge in [-0.05, 0) is 101 Å². The van der Waals surface area contributed by atoms with Crippen LogP contribution in [0.4, 0.5) is 0 Å². The summed E-state index contributed by atoms with van der Waals surface area (Å²) in [4.78, 5) is 56.3. The molecule has 11 nitrogen and oxygen atoms in total. The number of hydrogen-bond donors (Lipinski definition) is 0. The van der Waals surface area contributed by atoms with Gasteiger partial charge in [-0.3, -0.25) is 14.2 Å².